The van der Waals surface area contributed by atoms with Crippen LogP contribution in [0.1, 0.15) is 22.7 Å². The van der Waals surface area contributed by atoms with Crippen molar-refractivity contribution in [3.8, 4) is 5.75 Å². The highest BCUT2D eigenvalue weighted by Crippen LogP contribution is 2.23. The summed E-state index contributed by atoms with van der Waals surface area (Å²) in [5, 5.41) is 0. The molecule has 18 heavy (non-hydrogen) atoms. The van der Waals surface area contributed by atoms with Crippen molar-refractivity contribution in [2.24, 2.45) is 5.73 Å². The average Bonchev–Trinajstić information content (AvgIpc) is 2.40. The number of ether oxygens (including phenoxy) is 1. The van der Waals surface area contributed by atoms with Gasteiger partial charge in [0.15, 0.2) is 0 Å². The highest BCUT2D eigenvalue weighted by atomic mass is 16.5. The highest BCUT2D eigenvalue weighted by Gasteiger charge is 2.10. The van der Waals surface area contributed by atoms with E-state index in [9.17, 15) is 0 Å². The van der Waals surface area contributed by atoms with E-state index >= 15 is 0 Å². The quantitative estimate of drug-likeness (QED) is 0.891. The van der Waals surface area contributed by atoms with Crippen molar-refractivity contribution in [2.45, 2.75) is 19.4 Å². The summed E-state index contributed by atoms with van der Waals surface area (Å²) in [6.07, 6.45) is 0.785. The van der Waals surface area contributed by atoms with Crippen LogP contribution in [-0.2, 0) is 6.42 Å². The molecule has 0 fully saturated rings. The molecular formula is C16H19NO. The van der Waals surface area contributed by atoms with Crippen molar-refractivity contribution in [3.05, 3.63) is 65.2 Å². The molecule has 0 spiro atoms. The SMILES string of the molecule is COc1ccccc1CC(N)c1ccc(C)cc1. The van der Waals surface area contributed by atoms with E-state index in [1.165, 1.54) is 5.56 Å². The van der Waals surface area contributed by atoms with Gasteiger partial charge in [-0.3, -0.25) is 0 Å². The van der Waals surface area contributed by atoms with E-state index in [0.29, 0.717) is 0 Å². The highest BCUT2D eigenvalue weighted by molar-refractivity contribution is 5.35. The molecule has 2 rings (SSSR count). The van der Waals surface area contributed by atoms with E-state index < -0.39 is 0 Å². The molecule has 2 aromatic rings. The first-order valence-electron chi connectivity index (χ1n) is 6.14. The Morgan fingerprint density at radius 3 is 2.39 bits per heavy atom. The summed E-state index contributed by atoms with van der Waals surface area (Å²) in [4.78, 5) is 0. The van der Waals surface area contributed by atoms with Crippen molar-refractivity contribution in [2.75, 3.05) is 7.11 Å². The molecule has 0 saturated carbocycles. The maximum atomic E-state index is 6.25. The normalized spacial score (nSPS) is 12.2. The van der Waals surface area contributed by atoms with E-state index in [0.717, 1.165) is 23.3 Å². The summed E-state index contributed by atoms with van der Waals surface area (Å²) in [6, 6.07) is 16.4. The minimum Gasteiger partial charge on any atom is -0.496 e. The molecule has 2 nitrogen and oxygen atoms in total. The van der Waals surface area contributed by atoms with E-state index in [2.05, 4.69) is 37.3 Å². The van der Waals surface area contributed by atoms with Crippen molar-refractivity contribution in [1.29, 1.82) is 0 Å². The van der Waals surface area contributed by atoms with Gasteiger partial charge in [0.1, 0.15) is 5.75 Å². The number of aryl methyl sites for hydroxylation is 1. The molecule has 0 radical (unpaired) electrons. The van der Waals surface area contributed by atoms with Crippen LogP contribution >= 0.6 is 0 Å². The van der Waals surface area contributed by atoms with Gasteiger partial charge in [-0.1, -0.05) is 48.0 Å². The third kappa shape index (κ3) is 2.90. The first-order chi connectivity index (χ1) is 8.70. The lowest BCUT2D eigenvalue weighted by atomic mass is 9.98. The summed E-state index contributed by atoms with van der Waals surface area (Å²) in [5.74, 6) is 0.903. The Morgan fingerprint density at radius 2 is 1.72 bits per heavy atom. The van der Waals surface area contributed by atoms with Gasteiger partial charge in [0.2, 0.25) is 0 Å². The molecule has 0 aromatic heterocycles. The van der Waals surface area contributed by atoms with Gasteiger partial charge in [-0.15, -0.1) is 0 Å². The molecular weight excluding hydrogens is 222 g/mol. The summed E-state index contributed by atoms with van der Waals surface area (Å²) < 4.78 is 5.35. The van der Waals surface area contributed by atoms with Gasteiger partial charge in [0.05, 0.1) is 7.11 Å². The molecule has 0 amide bonds. The van der Waals surface area contributed by atoms with E-state index in [1.807, 2.05) is 18.2 Å². The Hall–Kier alpha value is -1.80. The number of hydrogen-bond donors (Lipinski definition) is 1. The molecule has 94 valence electrons. The molecule has 2 aromatic carbocycles. The third-order valence-electron chi connectivity index (χ3n) is 3.14. The Balaban J connectivity index is 2.15. The minimum atomic E-state index is 0.00176. The second-order valence-electron chi connectivity index (χ2n) is 4.53. The Morgan fingerprint density at radius 1 is 1.06 bits per heavy atom. The zero-order chi connectivity index (χ0) is 13.0. The molecule has 0 heterocycles. The average molecular weight is 241 g/mol. The second-order valence-corrected chi connectivity index (χ2v) is 4.53. The van der Waals surface area contributed by atoms with Crippen LogP contribution < -0.4 is 10.5 Å². The number of para-hydroxylation sites is 1. The molecule has 0 bridgehead atoms. The van der Waals surface area contributed by atoms with Crippen LogP contribution in [0.5, 0.6) is 5.75 Å². The van der Waals surface area contributed by atoms with Gasteiger partial charge in [-0.2, -0.15) is 0 Å². The Kier molecular flexibility index (Phi) is 4.00. The summed E-state index contributed by atoms with van der Waals surface area (Å²) in [6.45, 7) is 2.08. The molecule has 2 N–H and O–H groups in total. The van der Waals surface area contributed by atoms with Crippen LogP contribution in [0, 0.1) is 6.92 Å². The van der Waals surface area contributed by atoms with Gasteiger partial charge in [0, 0.05) is 6.04 Å². The molecule has 1 atom stereocenters. The standard InChI is InChI=1S/C16H19NO/c1-12-7-9-13(10-8-12)15(17)11-14-5-3-4-6-16(14)18-2/h3-10,15H,11,17H2,1-2H3. The number of hydrogen-bond acceptors (Lipinski definition) is 2. The van der Waals surface area contributed by atoms with Crippen molar-refractivity contribution >= 4 is 0 Å². The fourth-order valence-electron chi connectivity index (χ4n) is 2.04. The minimum absolute atomic E-state index is 0.00176. The smallest absolute Gasteiger partial charge is 0.122 e. The van der Waals surface area contributed by atoms with E-state index in [1.54, 1.807) is 7.11 Å². The van der Waals surface area contributed by atoms with Crippen LogP contribution in [-0.4, -0.2) is 7.11 Å². The van der Waals surface area contributed by atoms with Gasteiger partial charge < -0.3 is 10.5 Å². The van der Waals surface area contributed by atoms with Crippen LogP contribution in [0.4, 0.5) is 0 Å². The van der Waals surface area contributed by atoms with Crippen LogP contribution in [0.15, 0.2) is 48.5 Å². The van der Waals surface area contributed by atoms with Crippen molar-refractivity contribution in [1.82, 2.24) is 0 Å². The van der Waals surface area contributed by atoms with Gasteiger partial charge in [-0.25, -0.2) is 0 Å². The summed E-state index contributed by atoms with van der Waals surface area (Å²) >= 11 is 0. The van der Waals surface area contributed by atoms with Gasteiger partial charge in [0.25, 0.3) is 0 Å². The third-order valence-corrected chi connectivity index (χ3v) is 3.14. The maximum absolute atomic E-state index is 6.25. The fraction of sp³-hybridized carbons (Fsp3) is 0.250. The van der Waals surface area contributed by atoms with Gasteiger partial charge >= 0.3 is 0 Å². The first kappa shape index (κ1) is 12.7. The number of methoxy groups -OCH3 is 1. The first-order valence-corrected chi connectivity index (χ1v) is 6.14. The Labute approximate surface area is 108 Å². The maximum Gasteiger partial charge on any atom is 0.122 e. The largest absolute Gasteiger partial charge is 0.496 e. The lowest BCUT2D eigenvalue weighted by molar-refractivity contribution is 0.408. The van der Waals surface area contributed by atoms with E-state index in [4.69, 9.17) is 10.5 Å². The fourth-order valence-corrected chi connectivity index (χ4v) is 2.04. The predicted molar refractivity (Wildman–Crippen MR) is 74.8 cm³/mol. The molecule has 2 heteroatoms. The molecule has 0 aliphatic rings. The van der Waals surface area contributed by atoms with Crippen LogP contribution in [0.2, 0.25) is 0 Å². The topological polar surface area (TPSA) is 35.2 Å². The summed E-state index contributed by atoms with van der Waals surface area (Å²) in [5.41, 5.74) is 9.80. The van der Waals surface area contributed by atoms with E-state index in [-0.39, 0.29) is 6.04 Å². The molecule has 0 aliphatic carbocycles. The second kappa shape index (κ2) is 5.69. The zero-order valence-electron chi connectivity index (χ0n) is 10.9. The number of benzene rings is 2. The van der Waals surface area contributed by atoms with Crippen LogP contribution in [0.3, 0.4) is 0 Å². The van der Waals surface area contributed by atoms with Gasteiger partial charge in [-0.05, 0) is 30.5 Å². The summed E-state index contributed by atoms with van der Waals surface area (Å²) in [7, 11) is 1.69. The molecule has 0 aliphatic heterocycles. The molecule has 0 saturated heterocycles. The number of nitrogens with two attached hydrogens (primary N) is 1. The lowest BCUT2D eigenvalue weighted by Crippen LogP contribution is -2.13. The van der Waals surface area contributed by atoms with Crippen molar-refractivity contribution in [3.63, 3.8) is 0 Å². The van der Waals surface area contributed by atoms with Crippen molar-refractivity contribution < 1.29 is 4.74 Å². The number of rotatable bonds is 4. The molecule has 1 unspecified atom stereocenters. The monoisotopic (exact) mass is 241 g/mol. The lowest BCUT2D eigenvalue weighted by Gasteiger charge is -2.14. The predicted octanol–water partition coefficient (Wildman–Crippen LogP) is 3.25. The Bertz CT molecular complexity index is 505. The van der Waals surface area contributed by atoms with Crippen LogP contribution in [0.25, 0.3) is 0 Å². The zero-order valence-corrected chi connectivity index (χ0v) is 10.9.